The van der Waals surface area contributed by atoms with Crippen molar-refractivity contribution < 1.29 is 14.1 Å². The van der Waals surface area contributed by atoms with E-state index in [1.807, 2.05) is 6.92 Å². The largest absolute Gasteiger partial charge is 0.483 e. The van der Waals surface area contributed by atoms with Crippen molar-refractivity contribution in [3.63, 3.8) is 0 Å². The second-order valence-electron chi connectivity index (χ2n) is 4.07. The molecule has 1 aromatic carbocycles. The zero-order valence-electron chi connectivity index (χ0n) is 10.7. The van der Waals surface area contributed by atoms with Crippen molar-refractivity contribution in [3.05, 3.63) is 38.4 Å². The Morgan fingerprint density at radius 2 is 2.05 bits per heavy atom. The monoisotopic (exact) mass is 402 g/mol. The summed E-state index contributed by atoms with van der Waals surface area (Å²) in [5.74, 6) is 1.70. The molecule has 2 aromatic rings. The number of aryl methyl sites for hydroxylation is 1. The molecule has 0 aliphatic carbocycles. The Morgan fingerprint density at radius 3 is 2.65 bits per heavy atom. The molecule has 20 heavy (non-hydrogen) atoms. The zero-order chi connectivity index (χ0) is 14.5. The third kappa shape index (κ3) is 3.67. The molecular formula is C13H12Br2N2O3. The van der Waals surface area contributed by atoms with Gasteiger partial charge in [-0.3, -0.25) is 4.79 Å². The highest BCUT2D eigenvalue weighted by molar-refractivity contribution is 9.11. The second-order valence-corrected chi connectivity index (χ2v) is 5.78. The van der Waals surface area contributed by atoms with Crippen LogP contribution in [0.1, 0.15) is 35.4 Å². The van der Waals surface area contributed by atoms with Gasteiger partial charge >= 0.3 is 0 Å². The number of carbonyl (C=O) groups excluding carboxylic acids is 1. The van der Waals surface area contributed by atoms with Gasteiger partial charge in [-0.25, -0.2) is 0 Å². The summed E-state index contributed by atoms with van der Waals surface area (Å²) in [4.78, 5) is 15.0. The normalized spacial score (nSPS) is 10.6. The minimum absolute atomic E-state index is 0.199. The number of nitrogens with zero attached hydrogens (tertiary/aromatic N) is 2. The van der Waals surface area contributed by atoms with E-state index in [4.69, 9.17) is 9.26 Å². The fourth-order valence-electron chi connectivity index (χ4n) is 1.59. The van der Waals surface area contributed by atoms with Gasteiger partial charge in [0.2, 0.25) is 11.7 Å². The Bertz CT molecular complexity index is 590. The van der Waals surface area contributed by atoms with E-state index >= 15 is 0 Å². The number of hydrogen-bond donors (Lipinski definition) is 0. The fraction of sp³-hybridized carbons (Fsp3) is 0.308. The number of hydrogen-bond acceptors (Lipinski definition) is 5. The maximum Gasteiger partial charge on any atom is 0.226 e. The Kier molecular flexibility index (Phi) is 5.31. The van der Waals surface area contributed by atoms with Crippen LogP contribution in [0.2, 0.25) is 0 Å². The van der Waals surface area contributed by atoms with Crippen LogP contribution in [-0.2, 0) is 13.0 Å². The highest BCUT2D eigenvalue weighted by atomic mass is 79.9. The van der Waals surface area contributed by atoms with E-state index < -0.39 is 0 Å². The van der Waals surface area contributed by atoms with Crippen LogP contribution < -0.4 is 4.74 Å². The lowest BCUT2D eigenvalue weighted by molar-refractivity contribution is 0.112. The van der Waals surface area contributed by atoms with E-state index in [-0.39, 0.29) is 6.61 Å². The molecule has 5 nitrogen and oxygen atoms in total. The highest BCUT2D eigenvalue weighted by Crippen LogP contribution is 2.34. The van der Waals surface area contributed by atoms with E-state index in [2.05, 4.69) is 42.0 Å². The fourth-order valence-corrected chi connectivity index (χ4v) is 3.04. The van der Waals surface area contributed by atoms with Gasteiger partial charge in [-0.05, 0) is 50.4 Å². The molecule has 0 aliphatic heterocycles. The van der Waals surface area contributed by atoms with Crippen molar-refractivity contribution in [2.45, 2.75) is 26.4 Å². The van der Waals surface area contributed by atoms with Crippen molar-refractivity contribution in [3.8, 4) is 5.75 Å². The van der Waals surface area contributed by atoms with Crippen molar-refractivity contribution in [1.82, 2.24) is 10.1 Å². The van der Waals surface area contributed by atoms with Crippen LogP contribution in [0, 0.1) is 0 Å². The Balaban J connectivity index is 2.08. The predicted octanol–water partition coefficient (Wildman–Crippen LogP) is 3.94. The number of ether oxygens (including phenoxy) is 1. The predicted molar refractivity (Wildman–Crippen MR) is 79.9 cm³/mol. The van der Waals surface area contributed by atoms with E-state index in [9.17, 15) is 4.79 Å². The van der Waals surface area contributed by atoms with Crippen molar-refractivity contribution >= 4 is 38.1 Å². The van der Waals surface area contributed by atoms with E-state index in [1.54, 1.807) is 12.1 Å². The quantitative estimate of drug-likeness (QED) is 0.683. The molecule has 0 N–H and O–H groups in total. The van der Waals surface area contributed by atoms with Gasteiger partial charge in [0.15, 0.2) is 6.61 Å². The minimum Gasteiger partial charge on any atom is -0.483 e. The highest BCUT2D eigenvalue weighted by Gasteiger charge is 2.11. The third-order valence-electron chi connectivity index (χ3n) is 2.48. The number of aldehydes is 1. The van der Waals surface area contributed by atoms with Crippen molar-refractivity contribution in [2.75, 3.05) is 0 Å². The average Bonchev–Trinajstić information content (AvgIpc) is 2.85. The SMILES string of the molecule is CCCc1nc(COc2c(Br)cc(C=O)cc2Br)no1. The number of aromatic nitrogens is 2. The summed E-state index contributed by atoms with van der Waals surface area (Å²) in [7, 11) is 0. The minimum atomic E-state index is 0.199. The first kappa shape index (κ1) is 15.2. The first-order valence-corrected chi connectivity index (χ1v) is 7.61. The molecule has 0 spiro atoms. The summed E-state index contributed by atoms with van der Waals surface area (Å²) in [5.41, 5.74) is 0.556. The Labute approximate surface area is 133 Å². The molecule has 0 saturated carbocycles. The Morgan fingerprint density at radius 1 is 1.35 bits per heavy atom. The molecule has 0 fully saturated rings. The van der Waals surface area contributed by atoms with Crippen LogP contribution in [0.5, 0.6) is 5.75 Å². The number of benzene rings is 1. The molecule has 1 aromatic heterocycles. The van der Waals surface area contributed by atoms with Crippen LogP contribution in [0.3, 0.4) is 0 Å². The number of carbonyl (C=O) groups is 1. The summed E-state index contributed by atoms with van der Waals surface area (Å²) in [5, 5.41) is 3.85. The van der Waals surface area contributed by atoms with Crippen molar-refractivity contribution in [1.29, 1.82) is 0 Å². The van der Waals surface area contributed by atoms with E-state index in [0.717, 1.165) is 19.1 Å². The van der Waals surface area contributed by atoms with Gasteiger partial charge in [0, 0.05) is 12.0 Å². The third-order valence-corrected chi connectivity index (χ3v) is 3.65. The molecule has 0 bridgehead atoms. The van der Waals surface area contributed by atoms with Gasteiger partial charge in [0.1, 0.15) is 12.0 Å². The number of halogens is 2. The molecule has 106 valence electrons. The zero-order valence-corrected chi connectivity index (χ0v) is 13.9. The smallest absolute Gasteiger partial charge is 0.226 e. The molecule has 0 amide bonds. The van der Waals surface area contributed by atoms with Gasteiger partial charge in [0.05, 0.1) is 8.95 Å². The molecule has 2 rings (SSSR count). The van der Waals surface area contributed by atoms with E-state index in [1.165, 1.54) is 0 Å². The van der Waals surface area contributed by atoms with Crippen LogP contribution in [-0.4, -0.2) is 16.4 Å². The van der Waals surface area contributed by atoms with E-state index in [0.29, 0.717) is 32.0 Å². The first-order valence-electron chi connectivity index (χ1n) is 6.02. The van der Waals surface area contributed by atoms with Gasteiger partial charge in [-0.2, -0.15) is 4.98 Å². The first-order chi connectivity index (χ1) is 9.63. The molecule has 0 radical (unpaired) electrons. The average molecular weight is 404 g/mol. The van der Waals surface area contributed by atoms with Crippen LogP contribution in [0.25, 0.3) is 0 Å². The summed E-state index contributed by atoms with van der Waals surface area (Å²) < 4.78 is 12.1. The van der Waals surface area contributed by atoms with Gasteiger partial charge in [-0.1, -0.05) is 12.1 Å². The molecule has 0 unspecified atom stereocenters. The summed E-state index contributed by atoms with van der Waals surface area (Å²) in [6.07, 6.45) is 2.48. The topological polar surface area (TPSA) is 65.2 Å². The summed E-state index contributed by atoms with van der Waals surface area (Å²) in [6.45, 7) is 2.24. The van der Waals surface area contributed by atoms with Crippen LogP contribution in [0.4, 0.5) is 0 Å². The molecule has 0 aliphatic rings. The van der Waals surface area contributed by atoms with Crippen LogP contribution >= 0.6 is 31.9 Å². The molecule has 1 heterocycles. The maximum atomic E-state index is 10.8. The number of rotatable bonds is 6. The van der Waals surface area contributed by atoms with Gasteiger partial charge in [-0.15, -0.1) is 0 Å². The second kappa shape index (κ2) is 6.99. The summed E-state index contributed by atoms with van der Waals surface area (Å²) >= 11 is 6.73. The summed E-state index contributed by atoms with van der Waals surface area (Å²) in [6, 6.07) is 3.37. The molecule has 0 atom stereocenters. The Hall–Kier alpha value is -1.21. The maximum absolute atomic E-state index is 10.8. The molecule has 7 heteroatoms. The molecule has 0 saturated heterocycles. The van der Waals surface area contributed by atoms with Gasteiger partial charge in [0.25, 0.3) is 0 Å². The molecular weight excluding hydrogens is 392 g/mol. The lowest BCUT2D eigenvalue weighted by Crippen LogP contribution is -1.99. The van der Waals surface area contributed by atoms with Gasteiger partial charge < -0.3 is 9.26 Å². The van der Waals surface area contributed by atoms with Crippen molar-refractivity contribution in [2.24, 2.45) is 0 Å². The lowest BCUT2D eigenvalue weighted by atomic mass is 10.2. The van der Waals surface area contributed by atoms with Crippen LogP contribution in [0.15, 0.2) is 25.6 Å². The standard InChI is InChI=1S/C13H12Br2N2O3/c1-2-3-12-16-11(17-20-12)7-19-13-9(14)4-8(6-18)5-10(13)15/h4-6H,2-3,7H2,1H3. The lowest BCUT2D eigenvalue weighted by Gasteiger charge is -2.09.